The predicted molar refractivity (Wildman–Crippen MR) is 50.9 cm³/mol. The number of sulfonamides is 1. The summed E-state index contributed by atoms with van der Waals surface area (Å²) in [6, 6.07) is 0. The highest BCUT2D eigenvalue weighted by atomic mass is 32.2. The topological polar surface area (TPSA) is 58.2 Å². The lowest BCUT2D eigenvalue weighted by molar-refractivity contribution is 0.397. The minimum Gasteiger partial charge on any atom is -0.312 e. The molecule has 0 heterocycles. The Labute approximate surface area is 79.0 Å². The third-order valence-corrected chi connectivity index (χ3v) is 2.22. The standard InChI is InChI=1S/C7H17FN2O2S/c1-7(2,6-9-5-4-8)10-13(3,11)12/h9-10H,4-6H2,1-3H3. The van der Waals surface area contributed by atoms with Crippen molar-refractivity contribution in [1.82, 2.24) is 10.0 Å². The van der Waals surface area contributed by atoms with Gasteiger partial charge in [0.25, 0.3) is 0 Å². The van der Waals surface area contributed by atoms with E-state index in [9.17, 15) is 12.8 Å². The van der Waals surface area contributed by atoms with Crippen molar-refractivity contribution in [3.05, 3.63) is 0 Å². The summed E-state index contributed by atoms with van der Waals surface area (Å²) in [6.07, 6.45) is 1.10. The molecule has 0 aromatic heterocycles. The largest absolute Gasteiger partial charge is 0.312 e. The Balaban J connectivity index is 3.94. The maximum atomic E-state index is 11.7. The Bertz CT molecular complexity index is 239. The number of hydrogen-bond donors (Lipinski definition) is 2. The highest BCUT2D eigenvalue weighted by Gasteiger charge is 2.21. The van der Waals surface area contributed by atoms with Gasteiger partial charge >= 0.3 is 0 Å². The van der Waals surface area contributed by atoms with Crippen LogP contribution in [0, 0.1) is 0 Å². The molecular formula is C7H17FN2O2S. The molecule has 0 rings (SSSR count). The summed E-state index contributed by atoms with van der Waals surface area (Å²) >= 11 is 0. The first-order valence-electron chi connectivity index (χ1n) is 4.02. The molecule has 4 nitrogen and oxygen atoms in total. The lowest BCUT2D eigenvalue weighted by atomic mass is 10.1. The van der Waals surface area contributed by atoms with Gasteiger partial charge in [0.1, 0.15) is 6.67 Å². The fourth-order valence-corrected chi connectivity index (χ4v) is 2.08. The van der Waals surface area contributed by atoms with Crippen molar-refractivity contribution < 1.29 is 12.8 Å². The van der Waals surface area contributed by atoms with Gasteiger partial charge in [-0.2, -0.15) is 0 Å². The van der Waals surface area contributed by atoms with E-state index in [0.29, 0.717) is 6.54 Å². The molecule has 0 spiro atoms. The lowest BCUT2D eigenvalue weighted by Crippen LogP contribution is -2.50. The quantitative estimate of drug-likeness (QED) is 0.603. The zero-order chi connectivity index (χ0) is 10.5. The van der Waals surface area contributed by atoms with Crippen molar-refractivity contribution in [1.29, 1.82) is 0 Å². The highest BCUT2D eigenvalue weighted by molar-refractivity contribution is 7.88. The smallest absolute Gasteiger partial charge is 0.209 e. The molecular weight excluding hydrogens is 195 g/mol. The third kappa shape index (κ3) is 8.14. The van der Waals surface area contributed by atoms with Crippen LogP contribution in [-0.4, -0.2) is 40.0 Å². The molecule has 6 heteroatoms. The maximum Gasteiger partial charge on any atom is 0.209 e. The second kappa shape index (κ2) is 4.88. The van der Waals surface area contributed by atoms with E-state index in [1.54, 1.807) is 13.8 Å². The van der Waals surface area contributed by atoms with Gasteiger partial charge in [0.05, 0.1) is 6.26 Å². The molecule has 0 saturated carbocycles. The molecule has 0 amide bonds. The van der Waals surface area contributed by atoms with E-state index >= 15 is 0 Å². The summed E-state index contributed by atoms with van der Waals surface area (Å²) < 4.78 is 35.9. The zero-order valence-electron chi connectivity index (χ0n) is 8.22. The van der Waals surface area contributed by atoms with Crippen LogP contribution in [0.25, 0.3) is 0 Å². The molecule has 0 radical (unpaired) electrons. The van der Waals surface area contributed by atoms with Crippen LogP contribution in [0.2, 0.25) is 0 Å². The molecule has 0 aliphatic heterocycles. The van der Waals surface area contributed by atoms with Gasteiger partial charge in [-0.05, 0) is 13.8 Å². The van der Waals surface area contributed by atoms with Gasteiger partial charge in [-0.25, -0.2) is 17.5 Å². The highest BCUT2D eigenvalue weighted by Crippen LogP contribution is 2.01. The van der Waals surface area contributed by atoms with Crippen LogP contribution in [0.4, 0.5) is 4.39 Å². The van der Waals surface area contributed by atoms with E-state index in [0.717, 1.165) is 6.26 Å². The van der Waals surface area contributed by atoms with Gasteiger partial charge in [-0.15, -0.1) is 0 Å². The van der Waals surface area contributed by atoms with Gasteiger partial charge in [0.2, 0.25) is 10.0 Å². The SMILES string of the molecule is CC(C)(CNCCF)NS(C)(=O)=O. The molecule has 2 N–H and O–H groups in total. The summed E-state index contributed by atoms with van der Waals surface area (Å²) in [5, 5.41) is 2.80. The normalized spacial score (nSPS) is 13.2. The van der Waals surface area contributed by atoms with Crippen LogP contribution in [-0.2, 0) is 10.0 Å². The van der Waals surface area contributed by atoms with Crippen LogP contribution in [0.15, 0.2) is 0 Å². The van der Waals surface area contributed by atoms with Gasteiger partial charge in [0, 0.05) is 18.6 Å². The molecule has 0 saturated heterocycles. The number of halogens is 1. The van der Waals surface area contributed by atoms with Crippen molar-refractivity contribution in [3.63, 3.8) is 0 Å². The van der Waals surface area contributed by atoms with Crippen LogP contribution < -0.4 is 10.0 Å². The van der Waals surface area contributed by atoms with Gasteiger partial charge in [-0.3, -0.25) is 0 Å². The minimum atomic E-state index is -3.20. The molecule has 80 valence electrons. The molecule has 0 unspecified atom stereocenters. The van der Waals surface area contributed by atoms with E-state index < -0.39 is 22.2 Å². The van der Waals surface area contributed by atoms with Crippen molar-refractivity contribution >= 4 is 10.0 Å². The summed E-state index contributed by atoms with van der Waals surface area (Å²) in [5.74, 6) is 0. The van der Waals surface area contributed by atoms with E-state index in [1.807, 2.05) is 0 Å². The number of nitrogens with one attached hydrogen (secondary N) is 2. The Morgan fingerprint density at radius 1 is 1.38 bits per heavy atom. The molecule has 0 aliphatic carbocycles. The summed E-state index contributed by atoms with van der Waals surface area (Å²) in [6.45, 7) is 3.67. The Morgan fingerprint density at radius 2 is 1.92 bits per heavy atom. The van der Waals surface area contributed by atoms with Crippen molar-refractivity contribution in [2.24, 2.45) is 0 Å². The Hall–Kier alpha value is -0.200. The number of hydrogen-bond acceptors (Lipinski definition) is 3. The van der Waals surface area contributed by atoms with Gasteiger partial charge < -0.3 is 5.32 Å². The van der Waals surface area contributed by atoms with Crippen LogP contribution in [0.3, 0.4) is 0 Å². The van der Waals surface area contributed by atoms with Crippen LogP contribution in [0.5, 0.6) is 0 Å². The van der Waals surface area contributed by atoms with Crippen molar-refractivity contribution in [2.75, 3.05) is 26.0 Å². The molecule has 0 aliphatic rings. The molecule has 0 bridgehead atoms. The van der Waals surface area contributed by atoms with Crippen LogP contribution >= 0.6 is 0 Å². The fraction of sp³-hybridized carbons (Fsp3) is 1.00. The van der Waals surface area contributed by atoms with Gasteiger partial charge in [0.15, 0.2) is 0 Å². The number of rotatable bonds is 6. The summed E-state index contributed by atoms with van der Waals surface area (Å²) in [5.41, 5.74) is -0.581. The van der Waals surface area contributed by atoms with Crippen LogP contribution in [0.1, 0.15) is 13.8 Å². The first kappa shape index (κ1) is 12.8. The Morgan fingerprint density at radius 3 is 2.31 bits per heavy atom. The first-order chi connectivity index (χ1) is 5.77. The first-order valence-corrected chi connectivity index (χ1v) is 5.92. The minimum absolute atomic E-state index is 0.245. The maximum absolute atomic E-state index is 11.7. The van der Waals surface area contributed by atoms with E-state index in [1.165, 1.54) is 0 Å². The fourth-order valence-electron chi connectivity index (χ4n) is 1.01. The second-order valence-electron chi connectivity index (χ2n) is 3.62. The molecule has 0 fully saturated rings. The van der Waals surface area contributed by atoms with E-state index in [-0.39, 0.29) is 6.54 Å². The molecule has 0 aromatic carbocycles. The second-order valence-corrected chi connectivity index (χ2v) is 5.37. The monoisotopic (exact) mass is 212 g/mol. The van der Waals surface area contributed by atoms with E-state index in [4.69, 9.17) is 0 Å². The van der Waals surface area contributed by atoms with Gasteiger partial charge in [-0.1, -0.05) is 0 Å². The summed E-state index contributed by atoms with van der Waals surface area (Å²) in [4.78, 5) is 0. The zero-order valence-corrected chi connectivity index (χ0v) is 9.04. The van der Waals surface area contributed by atoms with Crippen molar-refractivity contribution in [2.45, 2.75) is 19.4 Å². The number of alkyl halides is 1. The molecule has 13 heavy (non-hydrogen) atoms. The van der Waals surface area contributed by atoms with Crippen molar-refractivity contribution in [3.8, 4) is 0 Å². The summed E-state index contributed by atoms with van der Waals surface area (Å²) in [7, 11) is -3.20. The molecule has 0 aromatic rings. The predicted octanol–water partition coefficient (Wildman–Crippen LogP) is -0.127. The third-order valence-electron chi connectivity index (χ3n) is 1.30. The Kier molecular flexibility index (Phi) is 4.80. The average molecular weight is 212 g/mol. The average Bonchev–Trinajstić information content (AvgIpc) is 1.81. The van der Waals surface area contributed by atoms with E-state index in [2.05, 4.69) is 10.0 Å². The lowest BCUT2D eigenvalue weighted by Gasteiger charge is -2.25. The molecule has 0 atom stereocenters.